The lowest BCUT2D eigenvalue weighted by molar-refractivity contribution is 0.0696. The van der Waals surface area contributed by atoms with Crippen molar-refractivity contribution in [3.63, 3.8) is 0 Å². The summed E-state index contributed by atoms with van der Waals surface area (Å²) in [6.45, 7) is 4.38. The van der Waals surface area contributed by atoms with E-state index in [1.54, 1.807) is 20.1 Å². The third-order valence-electron chi connectivity index (χ3n) is 2.61. The van der Waals surface area contributed by atoms with E-state index >= 15 is 0 Å². The highest BCUT2D eigenvalue weighted by Gasteiger charge is 2.17. The summed E-state index contributed by atoms with van der Waals surface area (Å²) in [5.74, 6) is 6.95. The van der Waals surface area contributed by atoms with Crippen molar-refractivity contribution < 1.29 is 9.84 Å². The number of hydrogen-bond donors (Lipinski definition) is 4. The normalized spacial score (nSPS) is 14.1. The largest absolute Gasteiger partial charge is 0.388 e. The summed E-state index contributed by atoms with van der Waals surface area (Å²) in [6.07, 6.45) is 0.651. The zero-order valence-corrected chi connectivity index (χ0v) is 11.0. The Hall–Kier alpha value is -1.44. The molecule has 0 saturated heterocycles. The Labute approximate surface area is 107 Å². The van der Waals surface area contributed by atoms with Gasteiger partial charge < -0.3 is 20.6 Å². The Kier molecular flexibility index (Phi) is 5.26. The lowest BCUT2D eigenvalue weighted by Crippen LogP contribution is -2.32. The van der Waals surface area contributed by atoms with Gasteiger partial charge in [-0.25, -0.2) is 15.8 Å². The Balaban J connectivity index is 2.78. The molecule has 1 aromatic rings. The summed E-state index contributed by atoms with van der Waals surface area (Å²) in [5, 5.41) is 13.0. The van der Waals surface area contributed by atoms with Gasteiger partial charge in [-0.2, -0.15) is 0 Å². The third kappa shape index (κ3) is 4.44. The zero-order chi connectivity index (χ0) is 13.6. The smallest absolute Gasteiger partial charge is 0.158 e. The minimum Gasteiger partial charge on any atom is -0.388 e. The molecule has 7 nitrogen and oxygen atoms in total. The number of aromatic nitrogens is 2. The number of ether oxygens (including phenoxy) is 1. The molecule has 0 radical (unpaired) electrons. The second-order valence-electron chi connectivity index (χ2n) is 4.34. The molecule has 0 aliphatic heterocycles. The zero-order valence-electron chi connectivity index (χ0n) is 11.0. The summed E-state index contributed by atoms with van der Waals surface area (Å²) in [6, 6.07) is 1.67. The van der Waals surface area contributed by atoms with Crippen LogP contribution in [0.15, 0.2) is 6.07 Å². The van der Waals surface area contributed by atoms with Crippen LogP contribution in [0.3, 0.4) is 0 Å². The van der Waals surface area contributed by atoms with E-state index < -0.39 is 5.60 Å². The first kappa shape index (κ1) is 14.6. The first-order chi connectivity index (χ1) is 8.50. The van der Waals surface area contributed by atoms with Crippen molar-refractivity contribution in [3.05, 3.63) is 11.9 Å². The van der Waals surface area contributed by atoms with E-state index in [0.717, 1.165) is 0 Å². The molecule has 102 valence electrons. The van der Waals surface area contributed by atoms with Gasteiger partial charge in [0.15, 0.2) is 5.82 Å². The molecule has 7 heteroatoms. The molecule has 0 aliphatic carbocycles. The van der Waals surface area contributed by atoms with E-state index in [1.807, 2.05) is 6.92 Å². The van der Waals surface area contributed by atoms with Crippen molar-refractivity contribution in [2.75, 3.05) is 24.4 Å². The van der Waals surface area contributed by atoms with E-state index in [2.05, 4.69) is 20.7 Å². The highest BCUT2D eigenvalue weighted by atomic mass is 16.5. The van der Waals surface area contributed by atoms with E-state index in [9.17, 15) is 5.11 Å². The average Bonchev–Trinajstić information content (AvgIpc) is 2.37. The predicted molar refractivity (Wildman–Crippen MR) is 70.0 cm³/mol. The molecule has 0 fully saturated rings. The molecule has 1 rings (SSSR count). The van der Waals surface area contributed by atoms with Crippen molar-refractivity contribution in [2.45, 2.75) is 32.5 Å². The van der Waals surface area contributed by atoms with Gasteiger partial charge in [0.1, 0.15) is 18.2 Å². The lowest BCUT2D eigenvalue weighted by Gasteiger charge is -2.22. The molecule has 0 saturated carbocycles. The third-order valence-corrected chi connectivity index (χ3v) is 2.61. The molecule has 0 spiro atoms. The SMILES string of the molecule is CCC(C)(O)CNc1cc(NN)nc(COC)n1. The molecule has 1 unspecified atom stereocenters. The van der Waals surface area contributed by atoms with Crippen LogP contribution in [0, 0.1) is 0 Å². The fraction of sp³-hybridized carbons (Fsp3) is 0.636. The summed E-state index contributed by atoms with van der Waals surface area (Å²) in [7, 11) is 1.57. The number of nitrogens with two attached hydrogens (primary N) is 1. The number of nitrogens with zero attached hydrogens (tertiary/aromatic N) is 2. The monoisotopic (exact) mass is 255 g/mol. The van der Waals surface area contributed by atoms with Crippen LogP contribution in [-0.2, 0) is 11.3 Å². The number of hydrogen-bond acceptors (Lipinski definition) is 7. The Bertz CT molecular complexity index is 384. The van der Waals surface area contributed by atoms with Crippen LogP contribution < -0.4 is 16.6 Å². The molecule has 0 aliphatic rings. The number of anilines is 2. The van der Waals surface area contributed by atoms with Gasteiger partial charge in [0.05, 0.1) is 5.60 Å². The minimum atomic E-state index is -0.775. The molecule has 1 heterocycles. The van der Waals surface area contributed by atoms with Crippen LogP contribution in [0.5, 0.6) is 0 Å². The predicted octanol–water partition coefficient (Wildman–Crippen LogP) is 0.481. The fourth-order valence-corrected chi connectivity index (χ4v) is 1.26. The first-order valence-corrected chi connectivity index (χ1v) is 5.80. The fourth-order valence-electron chi connectivity index (χ4n) is 1.26. The Morgan fingerprint density at radius 2 is 2.11 bits per heavy atom. The van der Waals surface area contributed by atoms with Crippen molar-refractivity contribution in [2.24, 2.45) is 5.84 Å². The Morgan fingerprint density at radius 3 is 2.67 bits per heavy atom. The Morgan fingerprint density at radius 1 is 1.44 bits per heavy atom. The standard InChI is InChI=1S/C11H21N5O2/c1-4-11(2,17)7-13-8-5-9(16-12)15-10(14-8)6-18-3/h5,17H,4,6-7,12H2,1-3H3,(H2,13,14,15,16). The maximum Gasteiger partial charge on any atom is 0.158 e. The van der Waals surface area contributed by atoms with Gasteiger partial charge in [-0.3, -0.25) is 0 Å². The topological polar surface area (TPSA) is 105 Å². The molecule has 18 heavy (non-hydrogen) atoms. The van der Waals surface area contributed by atoms with Crippen molar-refractivity contribution >= 4 is 11.6 Å². The second-order valence-corrected chi connectivity index (χ2v) is 4.34. The van der Waals surface area contributed by atoms with Crippen molar-refractivity contribution in [3.8, 4) is 0 Å². The number of methoxy groups -OCH3 is 1. The number of aliphatic hydroxyl groups is 1. The van der Waals surface area contributed by atoms with Crippen LogP contribution in [0.2, 0.25) is 0 Å². The molecule has 0 bridgehead atoms. The maximum absolute atomic E-state index is 9.91. The van der Waals surface area contributed by atoms with Crippen molar-refractivity contribution in [1.29, 1.82) is 0 Å². The van der Waals surface area contributed by atoms with Crippen LogP contribution in [0.1, 0.15) is 26.1 Å². The number of nitrogens with one attached hydrogen (secondary N) is 2. The van der Waals surface area contributed by atoms with Gasteiger partial charge in [-0.15, -0.1) is 0 Å². The van der Waals surface area contributed by atoms with Gasteiger partial charge in [0, 0.05) is 19.7 Å². The summed E-state index contributed by atoms with van der Waals surface area (Å²) in [4.78, 5) is 8.39. The quantitative estimate of drug-likeness (QED) is 0.415. The summed E-state index contributed by atoms with van der Waals surface area (Å²) < 4.78 is 4.98. The molecule has 5 N–H and O–H groups in total. The molecule has 0 amide bonds. The molecule has 1 atom stereocenters. The first-order valence-electron chi connectivity index (χ1n) is 5.80. The van der Waals surface area contributed by atoms with Crippen LogP contribution in [-0.4, -0.2) is 34.3 Å². The lowest BCUT2D eigenvalue weighted by atomic mass is 10.0. The van der Waals surface area contributed by atoms with E-state index in [-0.39, 0.29) is 0 Å². The van der Waals surface area contributed by atoms with E-state index in [0.29, 0.717) is 37.0 Å². The number of rotatable bonds is 7. The van der Waals surface area contributed by atoms with E-state index in [4.69, 9.17) is 10.6 Å². The van der Waals surface area contributed by atoms with Gasteiger partial charge >= 0.3 is 0 Å². The molecule has 1 aromatic heterocycles. The van der Waals surface area contributed by atoms with Gasteiger partial charge in [0.25, 0.3) is 0 Å². The van der Waals surface area contributed by atoms with Gasteiger partial charge in [-0.05, 0) is 13.3 Å². The number of nitrogen functional groups attached to an aromatic ring is 1. The summed E-state index contributed by atoms with van der Waals surface area (Å²) in [5.41, 5.74) is 1.69. The minimum absolute atomic E-state index is 0.300. The van der Waals surface area contributed by atoms with Gasteiger partial charge in [0.2, 0.25) is 0 Å². The molecule has 0 aromatic carbocycles. The van der Waals surface area contributed by atoms with Crippen LogP contribution in [0.4, 0.5) is 11.6 Å². The van der Waals surface area contributed by atoms with Crippen LogP contribution >= 0.6 is 0 Å². The maximum atomic E-state index is 9.91. The highest BCUT2D eigenvalue weighted by Crippen LogP contribution is 2.14. The highest BCUT2D eigenvalue weighted by molar-refractivity contribution is 5.47. The van der Waals surface area contributed by atoms with Gasteiger partial charge in [-0.1, -0.05) is 6.92 Å². The molecular formula is C11H21N5O2. The average molecular weight is 255 g/mol. The molecular weight excluding hydrogens is 234 g/mol. The summed E-state index contributed by atoms with van der Waals surface area (Å²) >= 11 is 0. The van der Waals surface area contributed by atoms with Crippen LogP contribution in [0.25, 0.3) is 0 Å². The second kappa shape index (κ2) is 6.48. The van der Waals surface area contributed by atoms with E-state index in [1.165, 1.54) is 0 Å². The number of hydrazine groups is 1. The van der Waals surface area contributed by atoms with Crippen molar-refractivity contribution in [1.82, 2.24) is 9.97 Å².